The van der Waals surface area contributed by atoms with Crippen LogP contribution in [0.25, 0.3) is 0 Å². The number of methoxy groups -OCH3 is 1. The van der Waals surface area contributed by atoms with Crippen molar-refractivity contribution in [3.63, 3.8) is 0 Å². The van der Waals surface area contributed by atoms with Gasteiger partial charge in [0.25, 0.3) is 0 Å². The van der Waals surface area contributed by atoms with Crippen molar-refractivity contribution in [3.8, 4) is 5.75 Å². The predicted molar refractivity (Wildman–Crippen MR) is 62.8 cm³/mol. The number of pyridine rings is 1. The Morgan fingerprint density at radius 1 is 1.62 bits per heavy atom. The van der Waals surface area contributed by atoms with E-state index in [0.29, 0.717) is 0 Å². The summed E-state index contributed by atoms with van der Waals surface area (Å²) < 4.78 is 5.30. The molecule has 1 aliphatic rings. The van der Waals surface area contributed by atoms with Gasteiger partial charge in [0.2, 0.25) is 0 Å². The van der Waals surface area contributed by atoms with Crippen LogP contribution < -0.4 is 16.0 Å². The summed E-state index contributed by atoms with van der Waals surface area (Å²) in [5, 5.41) is 0. The quantitative estimate of drug-likeness (QED) is 0.588. The molecule has 1 heterocycles. The zero-order valence-electron chi connectivity index (χ0n) is 9.65. The maximum atomic E-state index is 5.61. The Labute approximate surface area is 96.2 Å². The minimum Gasteiger partial charge on any atom is -0.495 e. The monoisotopic (exact) mass is 221 g/mol. The highest BCUT2D eigenvalue weighted by molar-refractivity contribution is 5.29. The Morgan fingerprint density at radius 2 is 2.44 bits per heavy atom. The molecule has 4 heteroatoms. The van der Waals surface area contributed by atoms with Gasteiger partial charge in [-0.25, -0.2) is 0 Å². The largest absolute Gasteiger partial charge is 0.495 e. The van der Waals surface area contributed by atoms with Crippen LogP contribution in [0, 0.1) is 5.92 Å². The molecule has 1 aromatic rings. The Bertz CT molecular complexity index is 339. The number of aromatic nitrogens is 1. The Balaban J connectivity index is 2.11. The molecule has 88 valence electrons. The van der Waals surface area contributed by atoms with E-state index >= 15 is 0 Å². The smallest absolute Gasteiger partial charge is 0.142 e. The first-order valence-electron chi connectivity index (χ1n) is 5.80. The van der Waals surface area contributed by atoms with Crippen LogP contribution in [0.4, 0.5) is 0 Å². The van der Waals surface area contributed by atoms with Crippen LogP contribution in [0.15, 0.2) is 18.3 Å². The van der Waals surface area contributed by atoms with Crippen molar-refractivity contribution in [2.75, 3.05) is 7.11 Å². The number of hydrazine groups is 1. The first-order chi connectivity index (χ1) is 7.85. The standard InChI is InChI=1S/C12H19N3O/c1-16-11-6-3-7-14-12(11)10(15-13)8-9-4-2-5-9/h3,6-7,9-10,15H,2,4-5,8,13H2,1H3. The van der Waals surface area contributed by atoms with Crippen LogP contribution >= 0.6 is 0 Å². The van der Waals surface area contributed by atoms with E-state index < -0.39 is 0 Å². The predicted octanol–water partition coefficient (Wildman–Crippen LogP) is 1.78. The number of ether oxygens (including phenoxy) is 1. The number of nitrogens with one attached hydrogen (secondary N) is 1. The third-order valence-corrected chi connectivity index (χ3v) is 3.34. The van der Waals surface area contributed by atoms with E-state index in [2.05, 4.69) is 10.4 Å². The second-order valence-electron chi connectivity index (χ2n) is 4.34. The first kappa shape index (κ1) is 11.4. The van der Waals surface area contributed by atoms with Crippen molar-refractivity contribution in [2.45, 2.75) is 31.7 Å². The molecule has 4 nitrogen and oxygen atoms in total. The summed E-state index contributed by atoms with van der Waals surface area (Å²) in [5.74, 6) is 7.20. The second-order valence-corrected chi connectivity index (χ2v) is 4.34. The summed E-state index contributed by atoms with van der Waals surface area (Å²) in [6.07, 6.45) is 6.80. The van der Waals surface area contributed by atoms with Gasteiger partial charge in [-0.3, -0.25) is 16.3 Å². The molecule has 1 aliphatic carbocycles. The molecule has 2 rings (SSSR count). The summed E-state index contributed by atoms with van der Waals surface area (Å²) in [6.45, 7) is 0. The van der Waals surface area contributed by atoms with E-state index in [-0.39, 0.29) is 6.04 Å². The normalized spacial score (nSPS) is 17.9. The van der Waals surface area contributed by atoms with Gasteiger partial charge >= 0.3 is 0 Å². The zero-order valence-corrected chi connectivity index (χ0v) is 9.65. The highest BCUT2D eigenvalue weighted by atomic mass is 16.5. The third-order valence-electron chi connectivity index (χ3n) is 3.34. The SMILES string of the molecule is COc1cccnc1C(CC1CCC1)NN. The number of rotatable bonds is 5. The summed E-state index contributed by atoms with van der Waals surface area (Å²) in [7, 11) is 1.66. The summed E-state index contributed by atoms with van der Waals surface area (Å²) in [6, 6.07) is 3.90. The van der Waals surface area contributed by atoms with Crippen molar-refractivity contribution in [1.82, 2.24) is 10.4 Å². The maximum absolute atomic E-state index is 5.61. The first-order valence-corrected chi connectivity index (χ1v) is 5.80. The van der Waals surface area contributed by atoms with Crippen molar-refractivity contribution in [1.29, 1.82) is 0 Å². The van der Waals surface area contributed by atoms with Gasteiger partial charge in [-0.1, -0.05) is 19.3 Å². The zero-order chi connectivity index (χ0) is 11.4. The van der Waals surface area contributed by atoms with Gasteiger partial charge in [0.05, 0.1) is 13.2 Å². The van der Waals surface area contributed by atoms with Crippen LogP contribution in [-0.4, -0.2) is 12.1 Å². The molecule has 1 atom stereocenters. The van der Waals surface area contributed by atoms with Crippen LogP contribution in [-0.2, 0) is 0 Å². The summed E-state index contributed by atoms with van der Waals surface area (Å²) in [5.41, 5.74) is 3.77. The molecule has 0 saturated heterocycles. The lowest BCUT2D eigenvalue weighted by atomic mass is 9.80. The summed E-state index contributed by atoms with van der Waals surface area (Å²) >= 11 is 0. The van der Waals surface area contributed by atoms with Crippen LogP contribution in [0.2, 0.25) is 0 Å². The van der Waals surface area contributed by atoms with Gasteiger partial charge in [-0.05, 0) is 24.5 Å². The molecule has 1 fully saturated rings. The molecule has 16 heavy (non-hydrogen) atoms. The molecule has 3 N–H and O–H groups in total. The fourth-order valence-corrected chi connectivity index (χ4v) is 2.16. The van der Waals surface area contributed by atoms with Crippen LogP contribution in [0.1, 0.15) is 37.4 Å². The molecule has 0 bridgehead atoms. The topological polar surface area (TPSA) is 60.2 Å². The van der Waals surface area contributed by atoms with E-state index in [9.17, 15) is 0 Å². The Morgan fingerprint density at radius 3 is 3.00 bits per heavy atom. The molecule has 0 aliphatic heterocycles. The maximum Gasteiger partial charge on any atom is 0.142 e. The highest BCUT2D eigenvalue weighted by Crippen LogP contribution is 2.35. The lowest BCUT2D eigenvalue weighted by molar-refractivity contribution is 0.256. The fraction of sp³-hybridized carbons (Fsp3) is 0.583. The Kier molecular flexibility index (Phi) is 3.74. The van der Waals surface area contributed by atoms with Crippen molar-refractivity contribution >= 4 is 0 Å². The van der Waals surface area contributed by atoms with E-state index in [4.69, 9.17) is 10.6 Å². The van der Waals surface area contributed by atoms with Crippen LogP contribution in [0.3, 0.4) is 0 Å². The number of hydrogen-bond acceptors (Lipinski definition) is 4. The van der Waals surface area contributed by atoms with Crippen molar-refractivity contribution in [3.05, 3.63) is 24.0 Å². The highest BCUT2D eigenvalue weighted by Gasteiger charge is 2.24. The number of nitrogens with two attached hydrogens (primary N) is 1. The van der Waals surface area contributed by atoms with Gasteiger partial charge in [0, 0.05) is 6.20 Å². The van der Waals surface area contributed by atoms with E-state index in [0.717, 1.165) is 23.8 Å². The minimum absolute atomic E-state index is 0.0986. The molecule has 1 saturated carbocycles. The summed E-state index contributed by atoms with van der Waals surface area (Å²) in [4.78, 5) is 4.36. The minimum atomic E-state index is 0.0986. The molecule has 1 aromatic heterocycles. The van der Waals surface area contributed by atoms with Gasteiger partial charge in [0.15, 0.2) is 0 Å². The average molecular weight is 221 g/mol. The molecular weight excluding hydrogens is 202 g/mol. The van der Waals surface area contributed by atoms with E-state index in [1.165, 1.54) is 19.3 Å². The molecule has 0 aromatic carbocycles. The van der Waals surface area contributed by atoms with Crippen molar-refractivity contribution < 1.29 is 4.74 Å². The second kappa shape index (κ2) is 5.27. The third kappa shape index (κ3) is 2.33. The van der Waals surface area contributed by atoms with Gasteiger partial charge in [-0.2, -0.15) is 0 Å². The molecule has 0 spiro atoms. The molecule has 0 radical (unpaired) electrons. The number of nitrogens with zero attached hydrogens (tertiary/aromatic N) is 1. The lowest BCUT2D eigenvalue weighted by Gasteiger charge is -2.29. The van der Waals surface area contributed by atoms with E-state index in [1.807, 2.05) is 12.1 Å². The average Bonchev–Trinajstić information content (AvgIpc) is 2.28. The van der Waals surface area contributed by atoms with E-state index in [1.54, 1.807) is 13.3 Å². The van der Waals surface area contributed by atoms with Gasteiger partial charge in [0.1, 0.15) is 11.4 Å². The van der Waals surface area contributed by atoms with Crippen molar-refractivity contribution in [2.24, 2.45) is 11.8 Å². The molecular formula is C12H19N3O. The number of hydrogen-bond donors (Lipinski definition) is 2. The molecule has 1 unspecified atom stereocenters. The van der Waals surface area contributed by atoms with Gasteiger partial charge < -0.3 is 4.74 Å². The molecule has 0 amide bonds. The van der Waals surface area contributed by atoms with Gasteiger partial charge in [-0.15, -0.1) is 0 Å². The Hall–Kier alpha value is -1.13. The fourth-order valence-electron chi connectivity index (χ4n) is 2.16. The van der Waals surface area contributed by atoms with Crippen LogP contribution in [0.5, 0.6) is 5.75 Å². The lowest BCUT2D eigenvalue weighted by Crippen LogP contribution is -2.32.